The standard InChI is InChI=1S/C29H37F3N4O2/c1-4-34-19-22(17-27(34)37)28(38)36(20(2)3)18-21-5-7-24(8-6-21)33-25-9-11-26(12-10-25)35-15-13-23(14-16-35)29(30,31)32/h5-12,20,22-23,33H,4,13-19H2,1-3H3. The molecular weight excluding hydrogens is 493 g/mol. The van der Waals surface area contributed by atoms with Crippen LogP contribution in [0.3, 0.4) is 0 Å². The molecule has 206 valence electrons. The van der Waals surface area contributed by atoms with Crippen molar-refractivity contribution in [3.8, 4) is 0 Å². The summed E-state index contributed by atoms with van der Waals surface area (Å²) < 4.78 is 38.8. The average Bonchev–Trinajstić information content (AvgIpc) is 3.28. The van der Waals surface area contributed by atoms with Gasteiger partial charge in [-0.05, 0) is 75.6 Å². The maximum Gasteiger partial charge on any atom is 0.391 e. The molecule has 0 aliphatic carbocycles. The lowest BCUT2D eigenvalue weighted by molar-refractivity contribution is -0.179. The normalized spacial score (nSPS) is 18.8. The molecule has 2 aliphatic rings. The summed E-state index contributed by atoms with van der Waals surface area (Å²) in [7, 11) is 0. The Balaban J connectivity index is 1.32. The molecule has 2 aromatic carbocycles. The number of hydrogen-bond donors (Lipinski definition) is 1. The minimum absolute atomic E-state index is 0.0175. The minimum Gasteiger partial charge on any atom is -0.372 e. The van der Waals surface area contributed by atoms with E-state index in [9.17, 15) is 22.8 Å². The Labute approximate surface area is 222 Å². The smallest absolute Gasteiger partial charge is 0.372 e. The summed E-state index contributed by atoms with van der Waals surface area (Å²) in [6.45, 7) is 8.32. The highest BCUT2D eigenvalue weighted by Crippen LogP contribution is 2.35. The molecule has 2 aromatic rings. The SMILES string of the molecule is CCN1CC(C(=O)N(Cc2ccc(Nc3ccc(N4CCC(C(F)(F)F)CC4)cc3)cc2)C(C)C)CC1=O. The van der Waals surface area contributed by atoms with Crippen LogP contribution >= 0.6 is 0 Å². The van der Waals surface area contributed by atoms with Gasteiger partial charge >= 0.3 is 6.18 Å². The number of hydrogen-bond acceptors (Lipinski definition) is 4. The van der Waals surface area contributed by atoms with Crippen LogP contribution in [-0.4, -0.2) is 60.0 Å². The zero-order valence-corrected chi connectivity index (χ0v) is 22.3. The molecule has 6 nitrogen and oxygen atoms in total. The lowest BCUT2D eigenvalue weighted by Crippen LogP contribution is -2.41. The van der Waals surface area contributed by atoms with Crippen molar-refractivity contribution < 1.29 is 22.8 Å². The Morgan fingerprint density at radius 2 is 1.61 bits per heavy atom. The molecule has 38 heavy (non-hydrogen) atoms. The quantitative estimate of drug-likeness (QED) is 0.468. The Bertz CT molecular complexity index is 1090. The Hall–Kier alpha value is -3.23. The Morgan fingerprint density at radius 1 is 1.03 bits per heavy atom. The molecule has 0 spiro atoms. The van der Waals surface area contributed by atoms with Crippen molar-refractivity contribution in [1.82, 2.24) is 9.80 Å². The maximum absolute atomic E-state index is 13.2. The molecule has 2 heterocycles. The number of piperidine rings is 1. The number of carbonyl (C=O) groups excluding carboxylic acids is 2. The first-order chi connectivity index (χ1) is 18.0. The van der Waals surface area contributed by atoms with Gasteiger partial charge in [0.15, 0.2) is 0 Å². The molecule has 0 radical (unpaired) electrons. The summed E-state index contributed by atoms with van der Waals surface area (Å²) in [5.74, 6) is -1.42. The third-order valence-corrected chi connectivity index (χ3v) is 7.64. The van der Waals surface area contributed by atoms with E-state index in [0.717, 1.165) is 22.6 Å². The molecule has 2 fully saturated rings. The van der Waals surface area contributed by atoms with Crippen LogP contribution in [0.15, 0.2) is 48.5 Å². The highest BCUT2D eigenvalue weighted by atomic mass is 19.4. The zero-order valence-electron chi connectivity index (χ0n) is 22.3. The van der Waals surface area contributed by atoms with Gasteiger partial charge in [0, 0.05) is 62.2 Å². The highest BCUT2D eigenvalue weighted by molar-refractivity contribution is 5.89. The fourth-order valence-corrected chi connectivity index (χ4v) is 5.27. The second-order valence-corrected chi connectivity index (χ2v) is 10.6. The van der Waals surface area contributed by atoms with Crippen molar-refractivity contribution >= 4 is 28.9 Å². The van der Waals surface area contributed by atoms with Crippen LogP contribution in [0.25, 0.3) is 0 Å². The molecule has 2 aliphatic heterocycles. The van der Waals surface area contributed by atoms with Crippen LogP contribution in [0, 0.1) is 11.8 Å². The minimum atomic E-state index is -4.11. The van der Waals surface area contributed by atoms with Crippen LogP contribution in [-0.2, 0) is 16.1 Å². The van der Waals surface area contributed by atoms with Gasteiger partial charge in [-0.3, -0.25) is 9.59 Å². The van der Waals surface area contributed by atoms with Gasteiger partial charge in [-0.25, -0.2) is 0 Å². The van der Waals surface area contributed by atoms with Gasteiger partial charge in [0.1, 0.15) is 0 Å². The Morgan fingerprint density at radius 3 is 2.11 bits per heavy atom. The van der Waals surface area contributed by atoms with Crippen LogP contribution in [0.4, 0.5) is 30.2 Å². The first kappa shape index (κ1) is 27.8. The molecule has 1 atom stereocenters. The van der Waals surface area contributed by atoms with E-state index in [1.807, 2.05) is 79.1 Å². The molecule has 2 amide bonds. The number of alkyl halides is 3. The van der Waals surface area contributed by atoms with Gasteiger partial charge in [-0.15, -0.1) is 0 Å². The van der Waals surface area contributed by atoms with Crippen LogP contribution < -0.4 is 10.2 Å². The summed E-state index contributed by atoms with van der Waals surface area (Å²) in [5, 5.41) is 3.36. The van der Waals surface area contributed by atoms with E-state index in [1.54, 1.807) is 4.90 Å². The van der Waals surface area contributed by atoms with Crippen LogP contribution in [0.1, 0.15) is 45.6 Å². The number of nitrogens with zero attached hydrogens (tertiary/aromatic N) is 3. The van der Waals surface area contributed by atoms with Crippen molar-refractivity contribution in [2.24, 2.45) is 11.8 Å². The summed E-state index contributed by atoms with van der Waals surface area (Å²) in [6, 6.07) is 15.7. The molecule has 0 saturated carbocycles. The number of carbonyl (C=O) groups is 2. The van der Waals surface area contributed by atoms with Gasteiger partial charge in [-0.1, -0.05) is 12.1 Å². The molecule has 4 rings (SSSR count). The van der Waals surface area contributed by atoms with Crippen LogP contribution in [0.5, 0.6) is 0 Å². The van der Waals surface area contributed by atoms with Gasteiger partial charge in [0.2, 0.25) is 11.8 Å². The molecule has 0 aromatic heterocycles. The molecule has 2 saturated heterocycles. The van der Waals surface area contributed by atoms with E-state index >= 15 is 0 Å². The predicted octanol–water partition coefficient (Wildman–Crippen LogP) is 5.81. The zero-order chi connectivity index (χ0) is 27.4. The van der Waals surface area contributed by atoms with E-state index in [1.165, 1.54) is 0 Å². The van der Waals surface area contributed by atoms with Gasteiger partial charge < -0.3 is 20.0 Å². The maximum atomic E-state index is 13.2. The van der Waals surface area contributed by atoms with E-state index in [0.29, 0.717) is 32.7 Å². The number of likely N-dealkylation sites (tertiary alicyclic amines) is 1. The first-order valence-electron chi connectivity index (χ1n) is 13.4. The van der Waals surface area contributed by atoms with Crippen molar-refractivity contribution in [1.29, 1.82) is 0 Å². The summed E-state index contributed by atoms with van der Waals surface area (Å²) in [5.41, 5.74) is 3.72. The lowest BCUT2D eigenvalue weighted by Gasteiger charge is -2.34. The monoisotopic (exact) mass is 530 g/mol. The third-order valence-electron chi connectivity index (χ3n) is 7.64. The number of amides is 2. The van der Waals surface area contributed by atoms with Gasteiger partial charge in [-0.2, -0.15) is 13.2 Å². The number of benzene rings is 2. The van der Waals surface area contributed by atoms with E-state index in [-0.39, 0.29) is 43.0 Å². The number of halogens is 3. The molecular formula is C29H37F3N4O2. The average molecular weight is 531 g/mol. The van der Waals surface area contributed by atoms with Crippen LogP contribution in [0.2, 0.25) is 0 Å². The summed E-state index contributed by atoms with van der Waals surface area (Å²) >= 11 is 0. The Kier molecular flexibility index (Phi) is 8.53. The topological polar surface area (TPSA) is 55.9 Å². The van der Waals surface area contributed by atoms with E-state index in [2.05, 4.69) is 5.32 Å². The molecule has 0 bridgehead atoms. The van der Waals surface area contributed by atoms with E-state index in [4.69, 9.17) is 0 Å². The van der Waals surface area contributed by atoms with Crippen molar-refractivity contribution in [3.63, 3.8) is 0 Å². The number of rotatable bonds is 8. The van der Waals surface area contributed by atoms with Crippen molar-refractivity contribution in [3.05, 3.63) is 54.1 Å². The molecule has 9 heteroatoms. The molecule has 1 unspecified atom stereocenters. The fourth-order valence-electron chi connectivity index (χ4n) is 5.27. The van der Waals surface area contributed by atoms with Crippen molar-refractivity contribution in [2.45, 2.75) is 58.8 Å². The first-order valence-corrected chi connectivity index (χ1v) is 13.4. The van der Waals surface area contributed by atoms with Crippen molar-refractivity contribution in [2.75, 3.05) is 36.4 Å². The summed E-state index contributed by atoms with van der Waals surface area (Å²) in [6.07, 6.45) is -3.56. The summed E-state index contributed by atoms with van der Waals surface area (Å²) in [4.78, 5) is 30.9. The van der Waals surface area contributed by atoms with Gasteiger partial charge in [0.25, 0.3) is 0 Å². The van der Waals surface area contributed by atoms with E-state index < -0.39 is 12.1 Å². The second-order valence-electron chi connectivity index (χ2n) is 10.6. The highest BCUT2D eigenvalue weighted by Gasteiger charge is 2.41. The fraction of sp³-hybridized carbons (Fsp3) is 0.517. The number of anilines is 3. The lowest BCUT2D eigenvalue weighted by atomic mass is 9.96. The predicted molar refractivity (Wildman–Crippen MR) is 143 cm³/mol. The second kappa shape index (κ2) is 11.7. The largest absolute Gasteiger partial charge is 0.391 e. The van der Waals surface area contributed by atoms with Gasteiger partial charge in [0.05, 0.1) is 11.8 Å². The number of nitrogens with one attached hydrogen (secondary N) is 1. The third kappa shape index (κ3) is 6.60. The molecule has 1 N–H and O–H groups in total.